The Balaban J connectivity index is 0. The van der Waals surface area contributed by atoms with Gasteiger partial charge >= 0.3 is 11.9 Å². The molecule has 0 unspecified atom stereocenters. The average Bonchev–Trinajstić information content (AvgIpc) is 2.44. The molecule has 0 aromatic rings. The molecule has 5 heteroatoms. The van der Waals surface area contributed by atoms with E-state index in [9.17, 15) is 9.59 Å². The molecule has 0 amide bonds. The smallest absolute Gasteiger partial charge is 0.331 e. The fourth-order valence-corrected chi connectivity index (χ4v) is 2.08. The summed E-state index contributed by atoms with van der Waals surface area (Å²) in [5.41, 5.74) is -0.122. The maximum Gasteiger partial charge on any atom is 0.331 e. The first-order valence-electron chi connectivity index (χ1n) is 8.14. The molecule has 0 aromatic heterocycles. The minimum Gasteiger partial charge on any atom is -0.478 e. The Morgan fingerprint density at radius 2 is 1.36 bits per heavy atom. The van der Waals surface area contributed by atoms with Gasteiger partial charge in [0, 0.05) is 5.57 Å². The quantitative estimate of drug-likeness (QED) is 0.271. The van der Waals surface area contributed by atoms with E-state index in [-0.39, 0.29) is 18.1 Å². The van der Waals surface area contributed by atoms with Gasteiger partial charge in [0.15, 0.2) is 0 Å². The second-order valence-electron chi connectivity index (χ2n) is 5.49. The van der Waals surface area contributed by atoms with E-state index in [1.807, 2.05) is 0 Å². The molecule has 0 aliphatic rings. The first-order chi connectivity index (χ1) is 10.1. The normalized spacial score (nSPS) is 9.86. The first-order valence-corrected chi connectivity index (χ1v) is 8.14. The molecule has 0 rings (SSSR count). The molecule has 0 aromatic carbocycles. The molecule has 0 saturated carbocycles. The standard InChI is InChI=1S/C17H30O4.H3N/c1-3-4-5-6-7-8-9-10-11-12-13-21-16(18)14-15(2)17(19)20;/h2-14H2,1H3,(H,19,20);1H3/p+1. The van der Waals surface area contributed by atoms with Gasteiger partial charge in [-0.05, 0) is 6.42 Å². The van der Waals surface area contributed by atoms with Crippen LogP contribution in [0.3, 0.4) is 0 Å². The van der Waals surface area contributed by atoms with Crippen molar-refractivity contribution in [2.75, 3.05) is 6.61 Å². The highest BCUT2D eigenvalue weighted by atomic mass is 16.5. The fraction of sp³-hybridized carbons (Fsp3) is 0.765. The Bertz CT molecular complexity index is 316. The number of aliphatic carboxylic acids is 1. The summed E-state index contributed by atoms with van der Waals surface area (Å²) >= 11 is 0. The van der Waals surface area contributed by atoms with Crippen LogP contribution in [0.1, 0.15) is 77.6 Å². The van der Waals surface area contributed by atoms with Crippen LogP contribution in [-0.2, 0) is 14.3 Å². The average molecular weight is 316 g/mol. The van der Waals surface area contributed by atoms with Crippen LogP contribution in [-0.4, -0.2) is 23.7 Å². The number of carboxylic acids is 1. The van der Waals surface area contributed by atoms with Crippen LogP contribution in [0.4, 0.5) is 0 Å². The van der Waals surface area contributed by atoms with Gasteiger partial charge in [-0.15, -0.1) is 0 Å². The zero-order valence-electron chi connectivity index (χ0n) is 14.4. The van der Waals surface area contributed by atoms with Gasteiger partial charge in [-0.2, -0.15) is 0 Å². The summed E-state index contributed by atoms with van der Waals surface area (Å²) in [4.78, 5) is 21.8. The van der Waals surface area contributed by atoms with E-state index in [1.165, 1.54) is 51.4 Å². The summed E-state index contributed by atoms with van der Waals surface area (Å²) in [6.45, 7) is 5.90. The third-order valence-corrected chi connectivity index (χ3v) is 3.42. The van der Waals surface area contributed by atoms with Crippen LogP contribution in [0.15, 0.2) is 12.2 Å². The second-order valence-corrected chi connectivity index (χ2v) is 5.49. The topological polar surface area (TPSA) is 100 Å². The van der Waals surface area contributed by atoms with Crippen LogP contribution in [0.2, 0.25) is 0 Å². The molecule has 0 saturated heterocycles. The Hall–Kier alpha value is -1.36. The number of ether oxygens (including phenoxy) is 1. The molecular weight excluding hydrogens is 282 g/mol. The van der Waals surface area contributed by atoms with Crippen LogP contribution in [0.25, 0.3) is 0 Å². The number of hydrogen-bond acceptors (Lipinski definition) is 3. The van der Waals surface area contributed by atoms with Crippen molar-refractivity contribution < 1.29 is 19.4 Å². The van der Waals surface area contributed by atoms with Crippen molar-refractivity contribution in [2.24, 2.45) is 0 Å². The molecule has 5 nitrogen and oxygen atoms in total. The van der Waals surface area contributed by atoms with E-state index >= 15 is 0 Å². The molecular formula is C17H34NO4+. The highest BCUT2D eigenvalue weighted by molar-refractivity contribution is 5.91. The van der Waals surface area contributed by atoms with Crippen LogP contribution >= 0.6 is 0 Å². The molecule has 130 valence electrons. The number of esters is 1. The van der Waals surface area contributed by atoms with Gasteiger partial charge < -0.3 is 16.0 Å². The highest BCUT2D eigenvalue weighted by Gasteiger charge is 2.10. The van der Waals surface area contributed by atoms with E-state index in [0.29, 0.717) is 6.61 Å². The third-order valence-electron chi connectivity index (χ3n) is 3.42. The van der Waals surface area contributed by atoms with Crippen LogP contribution in [0, 0.1) is 0 Å². The van der Waals surface area contributed by atoms with Crippen molar-refractivity contribution >= 4 is 11.9 Å². The molecule has 0 bridgehead atoms. The van der Waals surface area contributed by atoms with Crippen molar-refractivity contribution in [1.29, 1.82) is 0 Å². The molecule has 0 spiro atoms. The van der Waals surface area contributed by atoms with Crippen molar-refractivity contribution in [3.05, 3.63) is 12.2 Å². The predicted octanol–water partition coefficient (Wildman–Crippen LogP) is 4.86. The Kier molecular flexibility index (Phi) is 16.7. The molecule has 0 atom stereocenters. The number of unbranched alkanes of at least 4 members (excludes halogenated alkanes) is 9. The monoisotopic (exact) mass is 316 g/mol. The molecule has 22 heavy (non-hydrogen) atoms. The van der Waals surface area contributed by atoms with Gasteiger partial charge in [0.25, 0.3) is 0 Å². The van der Waals surface area contributed by atoms with Crippen molar-refractivity contribution in [3.8, 4) is 0 Å². The van der Waals surface area contributed by atoms with Crippen LogP contribution < -0.4 is 6.15 Å². The summed E-state index contributed by atoms with van der Waals surface area (Å²) in [6, 6.07) is 0. The van der Waals surface area contributed by atoms with Gasteiger partial charge in [0.2, 0.25) is 0 Å². The molecule has 0 aliphatic carbocycles. The summed E-state index contributed by atoms with van der Waals surface area (Å²) in [5.74, 6) is -1.65. The van der Waals surface area contributed by atoms with Crippen LogP contribution in [0.5, 0.6) is 0 Å². The van der Waals surface area contributed by atoms with E-state index in [1.54, 1.807) is 0 Å². The Morgan fingerprint density at radius 1 is 0.909 bits per heavy atom. The maximum absolute atomic E-state index is 11.3. The van der Waals surface area contributed by atoms with Crippen molar-refractivity contribution in [1.82, 2.24) is 6.15 Å². The molecule has 5 N–H and O–H groups in total. The summed E-state index contributed by atoms with van der Waals surface area (Å²) in [5, 5.41) is 8.58. The second kappa shape index (κ2) is 16.0. The summed E-state index contributed by atoms with van der Waals surface area (Å²) in [7, 11) is 0. The minimum absolute atomic E-state index is 0. The number of carbonyl (C=O) groups is 2. The van der Waals surface area contributed by atoms with E-state index in [2.05, 4.69) is 13.5 Å². The Labute approximate surface area is 134 Å². The van der Waals surface area contributed by atoms with Gasteiger partial charge in [0.1, 0.15) is 0 Å². The number of quaternary nitrogens is 1. The van der Waals surface area contributed by atoms with Gasteiger partial charge in [0.05, 0.1) is 13.0 Å². The van der Waals surface area contributed by atoms with E-state index < -0.39 is 11.9 Å². The molecule has 0 aliphatic heterocycles. The molecule has 0 heterocycles. The third kappa shape index (κ3) is 15.0. The summed E-state index contributed by atoms with van der Waals surface area (Å²) in [6.07, 6.45) is 12.1. The van der Waals surface area contributed by atoms with Crippen molar-refractivity contribution in [2.45, 2.75) is 77.6 Å². The van der Waals surface area contributed by atoms with Gasteiger partial charge in [-0.3, -0.25) is 4.79 Å². The largest absolute Gasteiger partial charge is 0.478 e. The fourth-order valence-electron chi connectivity index (χ4n) is 2.08. The van der Waals surface area contributed by atoms with E-state index in [4.69, 9.17) is 9.84 Å². The van der Waals surface area contributed by atoms with E-state index in [0.717, 1.165) is 12.8 Å². The molecule has 0 fully saturated rings. The SMILES string of the molecule is C=C(CC(=O)OCCCCCCCCCCCC)C(=O)O.[NH4+]. The van der Waals surface area contributed by atoms with Gasteiger partial charge in [-0.25, -0.2) is 4.79 Å². The Morgan fingerprint density at radius 3 is 1.82 bits per heavy atom. The lowest BCUT2D eigenvalue weighted by Gasteiger charge is -2.05. The predicted molar refractivity (Wildman–Crippen MR) is 90.2 cm³/mol. The number of rotatable bonds is 14. The lowest BCUT2D eigenvalue weighted by atomic mass is 10.1. The zero-order valence-corrected chi connectivity index (χ0v) is 14.4. The lowest BCUT2D eigenvalue weighted by molar-refractivity contribution is -0.144. The molecule has 0 radical (unpaired) electrons. The zero-order chi connectivity index (χ0) is 15.9. The highest BCUT2D eigenvalue weighted by Crippen LogP contribution is 2.10. The minimum atomic E-state index is -1.15. The number of hydrogen-bond donors (Lipinski definition) is 2. The lowest BCUT2D eigenvalue weighted by Crippen LogP contribution is -2.10. The maximum atomic E-state index is 11.3. The van der Waals surface area contributed by atoms with Gasteiger partial charge in [-0.1, -0.05) is 71.3 Å². The number of carbonyl (C=O) groups excluding carboxylic acids is 1. The first kappa shape index (κ1) is 22.9. The van der Waals surface area contributed by atoms with Crippen molar-refractivity contribution in [3.63, 3.8) is 0 Å². The summed E-state index contributed by atoms with van der Waals surface area (Å²) < 4.78 is 4.97. The number of carboxylic acid groups (broad SMARTS) is 1.